The van der Waals surface area contributed by atoms with Crippen LogP contribution in [0.3, 0.4) is 0 Å². The average molecular weight is 231 g/mol. The van der Waals surface area contributed by atoms with Crippen molar-refractivity contribution in [3.63, 3.8) is 0 Å². The SMILES string of the molecule is C=C(OCCCCSC)N1CCOCC1. The fourth-order valence-electron chi connectivity index (χ4n) is 1.44. The second-order valence-electron chi connectivity index (χ2n) is 3.54. The summed E-state index contributed by atoms with van der Waals surface area (Å²) in [6, 6.07) is 0. The van der Waals surface area contributed by atoms with Crippen molar-refractivity contribution in [2.24, 2.45) is 0 Å². The first kappa shape index (κ1) is 12.7. The van der Waals surface area contributed by atoms with E-state index in [4.69, 9.17) is 9.47 Å². The number of hydrogen-bond acceptors (Lipinski definition) is 4. The van der Waals surface area contributed by atoms with Gasteiger partial charge in [-0.25, -0.2) is 0 Å². The fraction of sp³-hybridized carbons (Fsp3) is 0.818. The molecule has 3 nitrogen and oxygen atoms in total. The molecule has 15 heavy (non-hydrogen) atoms. The Balaban J connectivity index is 2.02. The van der Waals surface area contributed by atoms with Gasteiger partial charge >= 0.3 is 0 Å². The minimum Gasteiger partial charge on any atom is -0.479 e. The van der Waals surface area contributed by atoms with Gasteiger partial charge in [0.2, 0.25) is 0 Å². The normalized spacial score (nSPS) is 16.5. The maximum absolute atomic E-state index is 5.59. The summed E-state index contributed by atoms with van der Waals surface area (Å²) < 4.78 is 10.9. The summed E-state index contributed by atoms with van der Waals surface area (Å²) >= 11 is 1.88. The first-order valence-electron chi connectivity index (χ1n) is 5.48. The summed E-state index contributed by atoms with van der Waals surface area (Å²) in [5.41, 5.74) is 0. The molecule has 0 radical (unpaired) electrons. The molecule has 0 unspecified atom stereocenters. The maximum atomic E-state index is 5.59. The lowest BCUT2D eigenvalue weighted by atomic mass is 10.3. The predicted octanol–water partition coefficient (Wildman–Crippen LogP) is 1.95. The molecule has 0 aromatic rings. The molecule has 0 aromatic carbocycles. The van der Waals surface area contributed by atoms with Gasteiger partial charge in [-0.1, -0.05) is 0 Å². The number of morpholine rings is 1. The van der Waals surface area contributed by atoms with Gasteiger partial charge in [-0.2, -0.15) is 11.8 Å². The molecule has 0 spiro atoms. The summed E-state index contributed by atoms with van der Waals surface area (Å²) in [6.45, 7) is 8.11. The molecule has 1 heterocycles. The Hall–Kier alpha value is -0.350. The summed E-state index contributed by atoms with van der Waals surface area (Å²) in [5.74, 6) is 2.02. The van der Waals surface area contributed by atoms with E-state index in [1.54, 1.807) is 0 Å². The van der Waals surface area contributed by atoms with E-state index in [0.717, 1.165) is 45.2 Å². The smallest absolute Gasteiger partial charge is 0.181 e. The van der Waals surface area contributed by atoms with Crippen LogP contribution in [-0.2, 0) is 9.47 Å². The number of ether oxygens (including phenoxy) is 2. The molecule has 0 atom stereocenters. The van der Waals surface area contributed by atoms with E-state index in [1.807, 2.05) is 11.8 Å². The van der Waals surface area contributed by atoms with Crippen LogP contribution in [0.15, 0.2) is 12.5 Å². The van der Waals surface area contributed by atoms with Gasteiger partial charge in [-0.05, 0) is 31.4 Å². The van der Waals surface area contributed by atoms with E-state index in [2.05, 4.69) is 17.7 Å². The first-order valence-corrected chi connectivity index (χ1v) is 6.87. The zero-order valence-corrected chi connectivity index (χ0v) is 10.4. The molecule has 0 aliphatic carbocycles. The van der Waals surface area contributed by atoms with Crippen molar-refractivity contribution in [3.05, 3.63) is 12.5 Å². The number of thioether (sulfide) groups is 1. The van der Waals surface area contributed by atoms with E-state index in [-0.39, 0.29) is 0 Å². The molecular weight excluding hydrogens is 210 g/mol. The molecule has 0 saturated carbocycles. The van der Waals surface area contributed by atoms with Gasteiger partial charge in [-0.3, -0.25) is 0 Å². The van der Waals surface area contributed by atoms with Gasteiger partial charge in [0.15, 0.2) is 5.88 Å². The molecular formula is C11H21NO2S. The van der Waals surface area contributed by atoms with Crippen LogP contribution in [0.4, 0.5) is 0 Å². The molecule has 1 fully saturated rings. The molecule has 0 amide bonds. The second-order valence-corrected chi connectivity index (χ2v) is 4.53. The molecule has 88 valence electrons. The van der Waals surface area contributed by atoms with Crippen LogP contribution >= 0.6 is 11.8 Å². The summed E-state index contributed by atoms with van der Waals surface area (Å²) in [7, 11) is 0. The van der Waals surface area contributed by atoms with Gasteiger partial charge in [-0.15, -0.1) is 0 Å². The van der Waals surface area contributed by atoms with Crippen molar-refractivity contribution in [1.82, 2.24) is 4.90 Å². The molecule has 1 aliphatic heterocycles. The van der Waals surface area contributed by atoms with Gasteiger partial charge < -0.3 is 14.4 Å². The van der Waals surface area contributed by atoms with Crippen LogP contribution in [0.5, 0.6) is 0 Å². The third-order valence-electron chi connectivity index (χ3n) is 2.38. The van der Waals surface area contributed by atoms with Crippen LogP contribution < -0.4 is 0 Å². The van der Waals surface area contributed by atoms with Crippen molar-refractivity contribution in [2.75, 3.05) is 44.9 Å². The van der Waals surface area contributed by atoms with Crippen molar-refractivity contribution in [2.45, 2.75) is 12.8 Å². The summed E-state index contributed by atoms with van der Waals surface area (Å²) in [6.07, 6.45) is 4.47. The molecule has 0 aromatic heterocycles. The number of rotatable bonds is 7. The van der Waals surface area contributed by atoms with Crippen LogP contribution in [0.25, 0.3) is 0 Å². The third-order valence-corrected chi connectivity index (χ3v) is 3.07. The summed E-state index contributed by atoms with van der Waals surface area (Å²) in [5, 5.41) is 0. The van der Waals surface area contributed by atoms with E-state index in [0.29, 0.717) is 0 Å². The highest BCUT2D eigenvalue weighted by atomic mass is 32.2. The highest BCUT2D eigenvalue weighted by Gasteiger charge is 2.12. The Kier molecular flexibility index (Phi) is 6.68. The fourth-order valence-corrected chi connectivity index (χ4v) is 1.94. The van der Waals surface area contributed by atoms with Crippen molar-refractivity contribution >= 4 is 11.8 Å². The molecule has 4 heteroatoms. The number of nitrogens with zero attached hydrogens (tertiary/aromatic N) is 1. The lowest BCUT2D eigenvalue weighted by molar-refractivity contribution is 0.0147. The first-order chi connectivity index (χ1) is 7.34. The van der Waals surface area contributed by atoms with E-state index >= 15 is 0 Å². The van der Waals surface area contributed by atoms with Gasteiger partial charge in [0.25, 0.3) is 0 Å². The zero-order valence-electron chi connectivity index (χ0n) is 9.54. The van der Waals surface area contributed by atoms with Crippen molar-refractivity contribution in [1.29, 1.82) is 0 Å². The van der Waals surface area contributed by atoms with Crippen LogP contribution in [0.1, 0.15) is 12.8 Å². The lowest BCUT2D eigenvalue weighted by Gasteiger charge is -2.29. The monoisotopic (exact) mass is 231 g/mol. The van der Waals surface area contributed by atoms with Crippen LogP contribution in [-0.4, -0.2) is 49.8 Å². The summed E-state index contributed by atoms with van der Waals surface area (Å²) in [4.78, 5) is 2.15. The highest BCUT2D eigenvalue weighted by Crippen LogP contribution is 2.08. The van der Waals surface area contributed by atoms with E-state index in [1.165, 1.54) is 12.2 Å². The van der Waals surface area contributed by atoms with Gasteiger partial charge in [0, 0.05) is 13.1 Å². The van der Waals surface area contributed by atoms with Crippen LogP contribution in [0.2, 0.25) is 0 Å². The molecule has 0 bridgehead atoms. The van der Waals surface area contributed by atoms with Gasteiger partial charge in [0.1, 0.15) is 0 Å². The van der Waals surface area contributed by atoms with Crippen LogP contribution in [0, 0.1) is 0 Å². The minimum atomic E-state index is 0.787. The third kappa shape index (κ3) is 5.33. The Morgan fingerprint density at radius 1 is 1.40 bits per heavy atom. The molecule has 1 rings (SSSR count). The Bertz CT molecular complexity index is 181. The minimum absolute atomic E-state index is 0.787. The zero-order chi connectivity index (χ0) is 10.9. The number of unbranched alkanes of at least 4 members (excludes halogenated alkanes) is 1. The van der Waals surface area contributed by atoms with Gasteiger partial charge in [0.05, 0.1) is 19.8 Å². The van der Waals surface area contributed by atoms with Crippen molar-refractivity contribution < 1.29 is 9.47 Å². The Morgan fingerprint density at radius 3 is 2.80 bits per heavy atom. The molecule has 1 aliphatic rings. The quantitative estimate of drug-likeness (QED) is 0.493. The molecule has 1 saturated heterocycles. The van der Waals surface area contributed by atoms with E-state index in [9.17, 15) is 0 Å². The Labute approximate surface area is 96.8 Å². The largest absolute Gasteiger partial charge is 0.479 e. The Morgan fingerprint density at radius 2 is 2.13 bits per heavy atom. The highest BCUT2D eigenvalue weighted by molar-refractivity contribution is 7.98. The van der Waals surface area contributed by atoms with E-state index < -0.39 is 0 Å². The average Bonchev–Trinajstić information content (AvgIpc) is 2.30. The lowest BCUT2D eigenvalue weighted by Crippen LogP contribution is -2.36. The maximum Gasteiger partial charge on any atom is 0.181 e. The second kappa shape index (κ2) is 7.88. The molecule has 0 N–H and O–H groups in total. The standard InChI is InChI=1S/C11H21NO2S/c1-11(12-5-8-13-9-6-12)14-7-3-4-10-15-2/h1,3-10H2,2H3. The predicted molar refractivity (Wildman–Crippen MR) is 65.1 cm³/mol. The topological polar surface area (TPSA) is 21.7 Å². The van der Waals surface area contributed by atoms with Crippen molar-refractivity contribution in [3.8, 4) is 0 Å². The number of hydrogen-bond donors (Lipinski definition) is 0.